The molecule has 4 heteroatoms. The Morgan fingerprint density at radius 1 is 1.39 bits per heavy atom. The third kappa shape index (κ3) is 4.28. The molecular weight excluding hydrogens is 230 g/mol. The van der Waals surface area contributed by atoms with E-state index in [0.29, 0.717) is 0 Å². The maximum absolute atomic E-state index is 11.6. The van der Waals surface area contributed by atoms with Crippen molar-refractivity contribution >= 4 is 6.09 Å². The summed E-state index contributed by atoms with van der Waals surface area (Å²) < 4.78 is 5.18. The van der Waals surface area contributed by atoms with Crippen LogP contribution < -0.4 is 5.32 Å². The zero-order valence-corrected chi connectivity index (χ0v) is 11.6. The fraction of sp³-hybridized carbons (Fsp3) is 0.500. The zero-order chi connectivity index (χ0) is 13.9. The van der Waals surface area contributed by atoms with Crippen molar-refractivity contribution < 1.29 is 14.6 Å². The first-order chi connectivity index (χ1) is 8.19. The first-order valence-electron chi connectivity index (χ1n) is 5.98. The van der Waals surface area contributed by atoms with E-state index in [4.69, 9.17) is 4.74 Å². The molecule has 1 aromatic carbocycles. The van der Waals surface area contributed by atoms with Crippen LogP contribution in [0.2, 0.25) is 0 Å². The van der Waals surface area contributed by atoms with Crippen LogP contribution in [-0.2, 0) is 4.74 Å². The molecule has 0 aromatic heterocycles. The lowest BCUT2D eigenvalue weighted by Crippen LogP contribution is -2.34. The summed E-state index contributed by atoms with van der Waals surface area (Å²) in [5.41, 5.74) is 1.20. The Morgan fingerprint density at radius 2 is 2.00 bits per heavy atom. The monoisotopic (exact) mass is 251 g/mol. The Kier molecular flexibility index (Phi) is 4.22. The van der Waals surface area contributed by atoms with E-state index in [-0.39, 0.29) is 11.8 Å². The van der Waals surface area contributed by atoms with E-state index in [2.05, 4.69) is 5.32 Å². The van der Waals surface area contributed by atoms with Crippen LogP contribution in [0.4, 0.5) is 4.79 Å². The number of alkyl carbamates (subject to hydrolysis) is 1. The third-order valence-corrected chi connectivity index (χ3v) is 2.45. The summed E-state index contributed by atoms with van der Waals surface area (Å²) in [6.45, 7) is 9.15. The number of benzene rings is 1. The molecule has 4 nitrogen and oxygen atoms in total. The van der Waals surface area contributed by atoms with Gasteiger partial charge in [-0.2, -0.15) is 0 Å². The molecule has 0 spiro atoms. The molecule has 0 aliphatic rings. The normalized spacial score (nSPS) is 12.9. The largest absolute Gasteiger partial charge is 0.508 e. The van der Waals surface area contributed by atoms with Crippen molar-refractivity contribution in [1.82, 2.24) is 5.32 Å². The lowest BCUT2D eigenvalue weighted by molar-refractivity contribution is 0.0508. The van der Waals surface area contributed by atoms with Gasteiger partial charge in [0.05, 0.1) is 6.04 Å². The highest BCUT2D eigenvalue weighted by molar-refractivity contribution is 5.68. The Labute approximate surface area is 108 Å². The number of amides is 1. The maximum atomic E-state index is 11.6. The molecule has 18 heavy (non-hydrogen) atoms. The molecule has 0 heterocycles. The van der Waals surface area contributed by atoms with Crippen LogP contribution >= 0.6 is 0 Å². The highest BCUT2D eigenvalue weighted by Crippen LogP contribution is 2.21. The van der Waals surface area contributed by atoms with E-state index in [1.807, 2.05) is 40.7 Å². The van der Waals surface area contributed by atoms with Crippen molar-refractivity contribution in [2.45, 2.75) is 46.3 Å². The highest BCUT2D eigenvalue weighted by Gasteiger charge is 2.18. The minimum absolute atomic E-state index is 0.167. The molecule has 1 unspecified atom stereocenters. The molecule has 0 saturated carbocycles. The van der Waals surface area contributed by atoms with Gasteiger partial charge in [0.1, 0.15) is 11.4 Å². The standard InChI is InChI=1S/C14H21NO3/c1-9-8-11(6-7-12(9)16)10(2)15-13(17)18-14(3,4)5/h6-8,10,16H,1-5H3,(H,15,17). The van der Waals surface area contributed by atoms with E-state index in [9.17, 15) is 9.90 Å². The van der Waals surface area contributed by atoms with Crippen LogP contribution in [0.3, 0.4) is 0 Å². The fourth-order valence-electron chi connectivity index (χ4n) is 1.52. The number of aromatic hydroxyl groups is 1. The van der Waals surface area contributed by atoms with Gasteiger partial charge in [-0.05, 0) is 51.8 Å². The zero-order valence-electron chi connectivity index (χ0n) is 11.6. The molecule has 100 valence electrons. The van der Waals surface area contributed by atoms with Crippen LogP contribution in [0.1, 0.15) is 44.9 Å². The Hall–Kier alpha value is -1.71. The van der Waals surface area contributed by atoms with Gasteiger partial charge < -0.3 is 15.2 Å². The van der Waals surface area contributed by atoms with E-state index in [0.717, 1.165) is 11.1 Å². The molecule has 0 bridgehead atoms. The summed E-state index contributed by atoms with van der Waals surface area (Å²) in [4.78, 5) is 11.6. The third-order valence-electron chi connectivity index (χ3n) is 2.45. The van der Waals surface area contributed by atoms with Crippen molar-refractivity contribution in [3.8, 4) is 5.75 Å². The van der Waals surface area contributed by atoms with Crippen molar-refractivity contribution in [3.63, 3.8) is 0 Å². The van der Waals surface area contributed by atoms with Gasteiger partial charge in [0, 0.05) is 0 Å². The SMILES string of the molecule is Cc1cc(C(C)NC(=O)OC(C)(C)C)ccc1O. The number of nitrogens with one attached hydrogen (secondary N) is 1. The summed E-state index contributed by atoms with van der Waals surface area (Å²) in [5.74, 6) is 0.253. The van der Waals surface area contributed by atoms with Crippen LogP contribution in [0.15, 0.2) is 18.2 Å². The van der Waals surface area contributed by atoms with Gasteiger partial charge in [-0.1, -0.05) is 12.1 Å². The first kappa shape index (κ1) is 14.4. The van der Waals surface area contributed by atoms with Gasteiger partial charge in [0.25, 0.3) is 0 Å². The molecule has 0 saturated heterocycles. The van der Waals surface area contributed by atoms with Crippen molar-refractivity contribution in [2.24, 2.45) is 0 Å². The van der Waals surface area contributed by atoms with Crippen molar-refractivity contribution in [3.05, 3.63) is 29.3 Å². The fourth-order valence-corrected chi connectivity index (χ4v) is 1.52. The molecule has 2 N–H and O–H groups in total. The Morgan fingerprint density at radius 3 is 2.50 bits per heavy atom. The average Bonchev–Trinajstić information content (AvgIpc) is 2.18. The van der Waals surface area contributed by atoms with Crippen LogP contribution in [0.25, 0.3) is 0 Å². The predicted molar refractivity (Wildman–Crippen MR) is 70.6 cm³/mol. The van der Waals surface area contributed by atoms with E-state index in [1.165, 1.54) is 0 Å². The van der Waals surface area contributed by atoms with Gasteiger partial charge in [-0.3, -0.25) is 0 Å². The molecule has 0 aliphatic carbocycles. The lowest BCUT2D eigenvalue weighted by Gasteiger charge is -2.22. The summed E-state index contributed by atoms with van der Waals surface area (Å²) in [5, 5.41) is 12.2. The van der Waals surface area contributed by atoms with Gasteiger partial charge >= 0.3 is 6.09 Å². The Balaban J connectivity index is 2.68. The van der Waals surface area contributed by atoms with Crippen molar-refractivity contribution in [2.75, 3.05) is 0 Å². The molecular formula is C14H21NO3. The first-order valence-corrected chi connectivity index (χ1v) is 5.98. The molecule has 1 atom stereocenters. The Bertz CT molecular complexity index is 435. The van der Waals surface area contributed by atoms with E-state index in [1.54, 1.807) is 12.1 Å². The number of hydrogen-bond acceptors (Lipinski definition) is 3. The average molecular weight is 251 g/mol. The summed E-state index contributed by atoms with van der Waals surface area (Å²) in [6, 6.07) is 5.08. The molecule has 0 aliphatic heterocycles. The lowest BCUT2D eigenvalue weighted by atomic mass is 10.1. The number of carbonyl (C=O) groups is 1. The number of phenolic OH excluding ortho intramolecular Hbond substituents is 1. The van der Waals surface area contributed by atoms with Crippen molar-refractivity contribution in [1.29, 1.82) is 0 Å². The number of rotatable bonds is 2. The summed E-state index contributed by atoms with van der Waals surface area (Å²) in [7, 11) is 0. The topological polar surface area (TPSA) is 58.6 Å². The maximum Gasteiger partial charge on any atom is 0.408 e. The van der Waals surface area contributed by atoms with Crippen LogP contribution in [0, 0.1) is 6.92 Å². The van der Waals surface area contributed by atoms with Gasteiger partial charge in [-0.15, -0.1) is 0 Å². The summed E-state index contributed by atoms with van der Waals surface area (Å²) in [6.07, 6.45) is -0.444. The van der Waals surface area contributed by atoms with Crippen LogP contribution in [0.5, 0.6) is 5.75 Å². The molecule has 1 aromatic rings. The van der Waals surface area contributed by atoms with Gasteiger partial charge in [0.15, 0.2) is 0 Å². The van der Waals surface area contributed by atoms with Gasteiger partial charge in [-0.25, -0.2) is 4.79 Å². The van der Waals surface area contributed by atoms with Gasteiger partial charge in [0.2, 0.25) is 0 Å². The second kappa shape index (κ2) is 5.29. The second-order valence-electron chi connectivity index (χ2n) is 5.41. The molecule has 1 rings (SSSR count). The number of hydrogen-bond donors (Lipinski definition) is 2. The summed E-state index contributed by atoms with van der Waals surface area (Å²) >= 11 is 0. The molecule has 1 amide bonds. The van der Waals surface area contributed by atoms with E-state index < -0.39 is 11.7 Å². The number of aryl methyl sites for hydroxylation is 1. The quantitative estimate of drug-likeness (QED) is 0.848. The number of ether oxygens (including phenoxy) is 1. The predicted octanol–water partition coefficient (Wildman–Crippen LogP) is 3.29. The minimum Gasteiger partial charge on any atom is -0.508 e. The number of carbonyl (C=O) groups excluding carboxylic acids is 1. The molecule has 0 radical (unpaired) electrons. The highest BCUT2D eigenvalue weighted by atomic mass is 16.6. The number of phenols is 1. The smallest absolute Gasteiger partial charge is 0.408 e. The van der Waals surface area contributed by atoms with E-state index >= 15 is 0 Å². The van der Waals surface area contributed by atoms with Crippen LogP contribution in [-0.4, -0.2) is 16.8 Å². The molecule has 0 fully saturated rings. The second-order valence-corrected chi connectivity index (χ2v) is 5.41. The minimum atomic E-state index is -0.505.